The molecule has 7 rings (SSSR count). The second-order valence-electron chi connectivity index (χ2n) is 20.7. The Labute approximate surface area is 459 Å². The van der Waals surface area contributed by atoms with Crippen LogP contribution < -0.4 is 23.7 Å². The molecule has 3 aromatic carbocycles. The van der Waals surface area contributed by atoms with Crippen molar-refractivity contribution in [3.8, 4) is 28.7 Å². The Balaban J connectivity index is 0.801. The van der Waals surface area contributed by atoms with Gasteiger partial charge in [-0.25, -0.2) is 0 Å². The Morgan fingerprint density at radius 3 is 1.52 bits per heavy atom. The van der Waals surface area contributed by atoms with Gasteiger partial charge in [0.05, 0.1) is 65.0 Å². The van der Waals surface area contributed by atoms with E-state index in [1.54, 1.807) is 73.8 Å². The molecule has 3 aliphatic rings. The first-order valence-corrected chi connectivity index (χ1v) is 27.8. The third kappa shape index (κ3) is 16.3. The first-order chi connectivity index (χ1) is 37.0. The first kappa shape index (κ1) is 58.3. The third-order valence-corrected chi connectivity index (χ3v) is 16.4. The number of benzene rings is 3. The van der Waals surface area contributed by atoms with Gasteiger partial charge in [-0.05, 0) is 167 Å². The van der Waals surface area contributed by atoms with Crippen molar-refractivity contribution in [2.75, 3.05) is 34.0 Å². The van der Waals surface area contributed by atoms with Gasteiger partial charge in [-0.15, -0.1) is 11.3 Å². The number of esters is 6. The van der Waals surface area contributed by atoms with E-state index in [9.17, 15) is 33.6 Å². The number of hydrogen-bond donors (Lipinski definition) is 0. The summed E-state index contributed by atoms with van der Waals surface area (Å²) in [7, 11) is 3.07. The lowest BCUT2D eigenvalue weighted by Crippen LogP contribution is -2.30. The standard InChI is InChI=1S/C60H69ClO15S/c1-6-60(2,3)48-36-47(74-57(66)41-13-9-39(10-14-41)55(64)72-34-33-69-4)25-28-51(48)76-59(68)43-15-11-38(12-16-43)54(63)71-32-31-37-7-22-45(23-8-37)73-56(65)40-17-19-42(20-18-40)58(67)75-50-27-24-46(70-5)35-44(50)21-26-49(62)52-29-30-53(61)77-52/h7-8,21-30,35-36,38-43H,6,9-20,31-34H2,1-5H3/b26-21+. The summed E-state index contributed by atoms with van der Waals surface area (Å²) in [5.41, 5.74) is 1.73. The first-order valence-electron chi connectivity index (χ1n) is 26.6. The molecular formula is C60H69ClO15S. The van der Waals surface area contributed by atoms with Crippen LogP contribution in [0.25, 0.3) is 6.08 Å². The molecule has 17 heteroatoms. The Bertz CT molecular complexity index is 2740. The van der Waals surface area contributed by atoms with Crippen molar-refractivity contribution >= 4 is 70.6 Å². The van der Waals surface area contributed by atoms with Crippen LogP contribution >= 0.6 is 22.9 Å². The van der Waals surface area contributed by atoms with Crippen molar-refractivity contribution in [2.24, 2.45) is 35.5 Å². The minimum absolute atomic E-state index is 0.168. The summed E-state index contributed by atoms with van der Waals surface area (Å²) in [4.78, 5) is 92.0. The Morgan fingerprint density at radius 1 is 0.545 bits per heavy atom. The van der Waals surface area contributed by atoms with Crippen molar-refractivity contribution in [3.63, 3.8) is 0 Å². The van der Waals surface area contributed by atoms with E-state index in [1.807, 2.05) is 32.9 Å². The van der Waals surface area contributed by atoms with Gasteiger partial charge in [0.2, 0.25) is 0 Å². The van der Waals surface area contributed by atoms with Gasteiger partial charge in [0.15, 0.2) is 5.78 Å². The molecule has 3 aliphatic carbocycles. The highest BCUT2D eigenvalue weighted by Crippen LogP contribution is 2.40. The summed E-state index contributed by atoms with van der Waals surface area (Å²) >= 11 is 7.17. The summed E-state index contributed by atoms with van der Waals surface area (Å²) < 4.78 is 45.2. The predicted molar refractivity (Wildman–Crippen MR) is 288 cm³/mol. The minimum Gasteiger partial charge on any atom is -0.497 e. The highest BCUT2D eigenvalue weighted by atomic mass is 35.5. The molecule has 0 amide bonds. The van der Waals surface area contributed by atoms with E-state index in [0.29, 0.717) is 128 Å². The van der Waals surface area contributed by atoms with Gasteiger partial charge < -0.3 is 37.9 Å². The number of methoxy groups -OCH3 is 2. The fourth-order valence-electron chi connectivity index (χ4n) is 9.88. The maximum absolute atomic E-state index is 13.6. The molecule has 3 fully saturated rings. The van der Waals surface area contributed by atoms with Crippen LogP contribution in [0.2, 0.25) is 4.34 Å². The summed E-state index contributed by atoms with van der Waals surface area (Å²) in [6, 6.07) is 20.4. The summed E-state index contributed by atoms with van der Waals surface area (Å²) in [5.74, 6) is -2.42. The SMILES string of the molecule is CCC(C)(C)c1cc(OC(=O)C2CCC(C(=O)OCCOC)CC2)ccc1OC(=O)C1CCC(C(=O)OCCc2ccc(OC(=O)C3CCC(C(=O)Oc4ccc(OC)cc4/C=C/C(=O)c4ccc(Cl)s4)CC3)cc2)CC1. The quantitative estimate of drug-likeness (QED) is 0.0237. The van der Waals surface area contributed by atoms with Crippen molar-refractivity contribution in [3.05, 3.63) is 105 Å². The van der Waals surface area contributed by atoms with E-state index < -0.39 is 17.3 Å². The molecule has 77 heavy (non-hydrogen) atoms. The summed E-state index contributed by atoms with van der Waals surface area (Å²) in [6.07, 6.45) is 10.0. The van der Waals surface area contributed by atoms with Gasteiger partial charge in [-0.3, -0.25) is 33.6 Å². The van der Waals surface area contributed by atoms with Crippen molar-refractivity contribution in [1.82, 2.24) is 0 Å². The monoisotopic (exact) mass is 1100 g/mol. The Morgan fingerprint density at radius 2 is 1.01 bits per heavy atom. The molecule has 0 bridgehead atoms. The van der Waals surface area contributed by atoms with Gasteiger partial charge in [-0.1, -0.05) is 44.5 Å². The van der Waals surface area contributed by atoms with Crippen molar-refractivity contribution in [2.45, 2.75) is 116 Å². The Kier molecular flexibility index (Phi) is 21.1. The maximum Gasteiger partial charge on any atom is 0.314 e. The fraction of sp³-hybridized carbons (Fsp3) is 0.483. The number of ether oxygens (including phenoxy) is 8. The molecule has 15 nitrogen and oxygen atoms in total. The van der Waals surface area contributed by atoms with Crippen LogP contribution in [-0.4, -0.2) is 75.6 Å². The third-order valence-electron chi connectivity index (χ3n) is 15.1. The second kappa shape index (κ2) is 27.8. The molecule has 3 saturated carbocycles. The topological polar surface area (TPSA) is 193 Å². The molecule has 0 radical (unpaired) electrons. The van der Waals surface area contributed by atoms with Crippen LogP contribution in [0.1, 0.15) is 131 Å². The largest absolute Gasteiger partial charge is 0.497 e. The number of hydrogen-bond acceptors (Lipinski definition) is 16. The normalized spacial score (nSPS) is 20.6. The Hall–Kier alpha value is -6.36. The van der Waals surface area contributed by atoms with Gasteiger partial charge in [0.1, 0.15) is 35.4 Å². The van der Waals surface area contributed by atoms with Crippen LogP contribution in [-0.2, 0) is 54.8 Å². The molecule has 0 atom stereocenters. The van der Waals surface area contributed by atoms with Crippen molar-refractivity contribution in [1.29, 1.82) is 0 Å². The van der Waals surface area contributed by atoms with E-state index in [2.05, 4.69) is 0 Å². The number of rotatable bonds is 22. The highest BCUT2D eigenvalue weighted by molar-refractivity contribution is 7.18. The molecular weight excluding hydrogens is 1030 g/mol. The summed E-state index contributed by atoms with van der Waals surface area (Å²) in [5, 5.41) is 0. The highest BCUT2D eigenvalue weighted by Gasteiger charge is 2.36. The van der Waals surface area contributed by atoms with E-state index >= 15 is 0 Å². The number of halogens is 1. The van der Waals surface area contributed by atoms with Gasteiger partial charge in [-0.2, -0.15) is 0 Å². The number of allylic oxidation sites excluding steroid dienone is 1. The lowest BCUT2D eigenvalue weighted by Gasteiger charge is -2.29. The molecule has 1 aromatic heterocycles. The molecule has 0 aliphatic heterocycles. The second-order valence-corrected chi connectivity index (χ2v) is 22.4. The zero-order valence-electron chi connectivity index (χ0n) is 44.5. The zero-order chi connectivity index (χ0) is 55.1. The van der Waals surface area contributed by atoms with Gasteiger partial charge in [0.25, 0.3) is 0 Å². The number of carbonyl (C=O) groups excluding carboxylic acids is 7. The lowest BCUT2D eigenvalue weighted by molar-refractivity contribution is -0.153. The molecule has 0 saturated heterocycles. The lowest BCUT2D eigenvalue weighted by atomic mass is 9.81. The molecule has 0 unspecified atom stereocenters. The number of carbonyl (C=O) groups is 7. The fourth-order valence-corrected chi connectivity index (χ4v) is 10.8. The van der Waals surface area contributed by atoms with Crippen LogP contribution in [0, 0.1) is 35.5 Å². The van der Waals surface area contributed by atoms with E-state index in [4.69, 9.17) is 49.5 Å². The smallest absolute Gasteiger partial charge is 0.314 e. The van der Waals surface area contributed by atoms with Crippen LogP contribution in [0.3, 0.4) is 0 Å². The van der Waals surface area contributed by atoms with Gasteiger partial charge in [0, 0.05) is 24.7 Å². The van der Waals surface area contributed by atoms with Crippen molar-refractivity contribution < 1.29 is 71.5 Å². The van der Waals surface area contributed by atoms with E-state index in [1.165, 1.54) is 24.5 Å². The van der Waals surface area contributed by atoms with Gasteiger partial charge >= 0.3 is 35.8 Å². The minimum atomic E-state index is -0.416. The molecule has 0 N–H and O–H groups in total. The number of thiophene rings is 1. The molecule has 4 aromatic rings. The molecule has 412 valence electrons. The molecule has 1 heterocycles. The zero-order valence-corrected chi connectivity index (χ0v) is 46.1. The average molecular weight is 1100 g/mol. The van der Waals surface area contributed by atoms with E-state index in [-0.39, 0.29) is 84.2 Å². The average Bonchev–Trinajstić information content (AvgIpc) is 3.90. The molecule has 0 spiro atoms. The summed E-state index contributed by atoms with van der Waals surface area (Å²) in [6.45, 7) is 6.83. The van der Waals surface area contributed by atoms with Crippen LogP contribution in [0.4, 0.5) is 0 Å². The van der Waals surface area contributed by atoms with Crippen LogP contribution in [0.5, 0.6) is 28.7 Å². The van der Waals surface area contributed by atoms with Crippen LogP contribution in [0.15, 0.2) is 78.9 Å². The number of ketones is 1. The van der Waals surface area contributed by atoms with E-state index in [0.717, 1.165) is 17.5 Å². The predicted octanol–water partition coefficient (Wildman–Crippen LogP) is 11.7. The maximum atomic E-state index is 13.6.